The van der Waals surface area contributed by atoms with Crippen LogP contribution in [-0.4, -0.2) is 44.1 Å². The second-order valence-corrected chi connectivity index (χ2v) is 7.09. The molecule has 2 rings (SSSR count). The van der Waals surface area contributed by atoms with E-state index >= 15 is 0 Å². The Morgan fingerprint density at radius 2 is 1.86 bits per heavy atom. The summed E-state index contributed by atoms with van der Waals surface area (Å²) in [5, 5.41) is 13.0. The molecule has 22 heavy (non-hydrogen) atoms. The zero-order chi connectivity index (χ0) is 16.0. The zero-order valence-corrected chi connectivity index (χ0v) is 14.1. The molecule has 1 heterocycles. The predicted molar refractivity (Wildman–Crippen MR) is 91.3 cm³/mol. The molecule has 1 aromatic carbocycles. The van der Waals surface area contributed by atoms with Gasteiger partial charge in [-0.25, -0.2) is 0 Å². The quantitative estimate of drug-likeness (QED) is 0.812. The molecule has 1 unspecified atom stereocenters. The van der Waals surface area contributed by atoms with Crippen LogP contribution in [0.4, 0.5) is 5.69 Å². The minimum atomic E-state index is -0.246. The number of anilines is 1. The van der Waals surface area contributed by atoms with Gasteiger partial charge in [0, 0.05) is 31.9 Å². The third-order valence-electron chi connectivity index (χ3n) is 4.09. The fourth-order valence-electron chi connectivity index (χ4n) is 3.06. The fraction of sp³-hybridized carbons (Fsp3) is 0.667. The second kappa shape index (κ2) is 7.95. The summed E-state index contributed by atoms with van der Waals surface area (Å²) in [5.41, 5.74) is 2.69. The summed E-state index contributed by atoms with van der Waals surface area (Å²) in [6.07, 6.45) is 0.570. The summed E-state index contributed by atoms with van der Waals surface area (Å²) < 4.78 is 5.39. The minimum Gasteiger partial charge on any atom is -0.393 e. The molecule has 2 N–H and O–H groups in total. The number of rotatable bonds is 7. The molecule has 1 saturated heterocycles. The lowest BCUT2D eigenvalue weighted by Crippen LogP contribution is -2.36. The number of hydrogen-bond donors (Lipinski definition) is 2. The van der Waals surface area contributed by atoms with Gasteiger partial charge in [-0.15, -0.1) is 0 Å². The summed E-state index contributed by atoms with van der Waals surface area (Å²) >= 11 is 0. The van der Waals surface area contributed by atoms with Crippen LogP contribution in [0.5, 0.6) is 0 Å². The molecule has 0 spiro atoms. The molecule has 1 aromatic rings. The van der Waals surface area contributed by atoms with Gasteiger partial charge in [0.05, 0.1) is 19.3 Å². The highest BCUT2D eigenvalue weighted by molar-refractivity contribution is 5.47. The average Bonchev–Trinajstić information content (AvgIpc) is 2.47. The summed E-state index contributed by atoms with van der Waals surface area (Å²) in [7, 11) is 0. The van der Waals surface area contributed by atoms with Crippen molar-refractivity contribution in [1.29, 1.82) is 0 Å². The van der Waals surface area contributed by atoms with Crippen LogP contribution in [0, 0.1) is 5.41 Å². The molecule has 0 bridgehead atoms. The Balaban J connectivity index is 1.79. The van der Waals surface area contributed by atoms with E-state index in [-0.39, 0.29) is 11.5 Å². The first kappa shape index (κ1) is 17.3. The maximum Gasteiger partial charge on any atom is 0.0642 e. The largest absolute Gasteiger partial charge is 0.393 e. The van der Waals surface area contributed by atoms with Gasteiger partial charge in [-0.1, -0.05) is 26.0 Å². The maximum atomic E-state index is 9.52. The lowest BCUT2D eigenvalue weighted by molar-refractivity contribution is 0.122. The SMILES string of the molecule is CC(O)CC(C)(C)CNCc1ccc(N2CCOCC2)cc1. The van der Waals surface area contributed by atoms with E-state index in [1.54, 1.807) is 0 Å². The van der Waals surface area contributed by atoms with Crippen molar-refractivity contribution in [2.45, 2.75) is 39.8 Å². The lowest BCUT2D eigenvalue weighted by atomic mass is 9.87. The minimum absolute atomic E-state index is 0.113. The van der Waals surface area contributed by atoms with Crippen LogP contribution in [0.15, 0.2) is 24.3 Å². The van der Waals surface area contributed by atoms with Crippen molar-refractivity contribution >= 4 is 5.69 Å². The lowest BCUT2D eigenvalue weighted by Gasteiger charge is -2.29. The molecule has 1 aliphatic heterocycles. The summed E-state index contributed by atoms with van der Waals surface area (Å²) in [4.78, 5) is 2.37. The van der Waals surface area contributed by atoms with Crippen LogP contribution in [-0.2, 0) is 11.3 Å². The highest BCUT2D eigenvalue weighted by Gasteiger charge is 2.19. The molecule has 1 aliphatic rings. The highest BCUT2D eigenvalue weighted by Crippen LogP contribution is 2.21. The topological polar surface area (TPSA) is 44.7 Å². The van der Waals surface area contributed by atoms with Gasteiger partial charge in [0.15, 0.2) is 0 Å². The smallest absolute Gasteiger partial charge is 0.0642 e. The third kappa shape index (κ3) is 5.59. The first-order valence-electron chi connectivity index (χ1n) is 8.27. The number of nitrogens with zero attached hydrogens (tertiary/aromatic N) is 1. The molecule has 0 amide bonds. The fourth-order valence-corrected chi connectivity index (χ4v) is 3.06. The van der Waals surface area contributed by atoms with E-state index in [1.807, 2.05) is 6.92 Å². The van der Waals surface area contributed by atoms with Gasteiger partial charge in [0.1, 0.15) is 0 Å². The number of hydrogen-bond acceptors (Lipinski definition) is 4. The van der Waals surface area contributed by atoms with Crippen molar-refractivity contribution < 1.29 is 9.84 Å². The van der Waals surface area contributed by atoms with E-state index in [0.29, 0.717) is 0 Å². The van der Waals surface area contributed by atoms with Gasteiger partial charge < -0.3 is 20.1 Å². The number of benzene rings is 1. The molecular formula is C18H30N2O2. The predicted octanol–water partition coefficient (Wildman–Crippen LogP) is 2.41. The van der Waals surface area contributed by atoms with Gasteiger partial charge >= 0.3 is 0 Å². The Morgan fingerprint density at radius 3 is 2.45 bits per heavy atom. The Hall–Kier alpha value is -1.10. The van der Waals surface area contributed by atoms with Gasteiger partial charge in [-0.3, -0.25) is 0 Å². The van der Waals surface area contributed by atoms with Crippen molar-refractivity contribution in [3.8, 4) is 0 Å². The first-order chi connectivity index (χ1) is 10.5. The van der Waals surface area contributed by atoms with Crippen LogP contribution >= 0.6 is 0 Å². The van der Waals surface area contributed by atoms with E-state index < -0.39 is 0 Å². The van der Waals surface area contributed by atoms with Crippen LogP contribution in [0.2, 0.25) is 0 Å². The molecule has 0 aliphatic carbocycles. The van der Waals surface area contributed by atoms with E-state index in [4.69, 9.17) is 4.74 Å². The Kier molecular flexibility index (Phi) is 6.24. The molecule has 0 aromatic heterocycles. The van der Waals surface area contributed by atoms with Gasteiger partial charge in [-0.2, -0.15) is 0 Å². The molecule has 1 atom stereocenters. The zero-order valence-electron chi connectivity index (χ0n) is 14.1. The van der Waals surface area contributed by atoms with Crippen LogP contribution < -0.4 is 10.2 Å². The number of morpholine rings is 1. The van der Waals surface area contributed by atoms with Crippen molar-refractivity contribution in [2.75, 3.05) is 37.7 Å². The van der Waals surface area contributed by atoms with Crippen molar-refractivity contribution in [1.82, 2.24) is 5.32 Å². The Bertz CT molecular complexity index is 437. The Labute approximate surface area is 134 Å². The number of nitrogens with one attached hydrogen (secondary N) is 1. The molecule has 0 saturated carbocycles. The molecule has 4 heteroatoms. The molecule has 1 fully saturated rings. The van der Waals surface area contributed by atoms with Crippen molar-refractivity contribution in [2.24, 2.45) is 5.41 Å². The van der Waals surface area contributed by atoms with Gasteiger partial charge in [0.2, 0.25) is 0 Å². The van der Waals surface area contributed by atoms with Crippen molar-refractivity contribution in [3.63, 3.8) is 0 Å². The molecule has 124 valence electrons. The second-order valence-electron chi connectivity index (χ2n) is 7.09. The van der Waals surface area contributed by atoms with Gasteiger partial charge in [-0.05, 0) is 36.5 Å². The summed E-state index contributed by atoms with van der Waals surface area (Å²) in [6.45, 7) is 11.6. The summed E-state index contributed by atoms with van der Waals surface area (Å²) in [6, 6.07) is 8.78. The normalized spacial score (nSPS) is 17.5. The van der Waals surface area contributed by atoms with Gasteiger partial charge in [0.25, 0.3) is 0 Å². The standard InChI is InChI=1S/C18H30N2O2/c1-15(21)12-18(2,3)14-19-13-16-4-6-17(7-5-16)20-8-10-22-11-9-20/h4-7,15,19,21H,8-14H2,1-3H3. The van der Waals surface area contributed by atoms with E-state index in [2.05, 4.69) is 48.3 Å². The summed E-state index contributed by atoms with van der Waals surface area (Å²) in [5.74, 6) is 0. The van der Waals surface area contributed by atoms with E-state index in [9.17, 15) is 5.11 Å². The average molecular weight is 306 g/mol. The number of ether oxygens (including phenoxy) is 1. The van der Waals surface area contributed by atoms with E-state index in [0.717, 1.165) is 45.8 Å². The molecular weight excluding hydrogens is 276 g/mol. The third-order valence-corrected chi connectivity index (χ3v) is 4.09. The van der Waals surface area contributed by atoms with Crippen LogP contribution in [0.3, 0.4) is 0 Å². The monoisotopic (exact) mass is 306 g/mol. The number of aliphatic hydroxyl groups excluding tert-OH is 1. The maximum absolute atomic E-state index is 9.52. The molecule has 0 radical (unpaired) electrons. The van der Waals surface area contributed by atoms with E-state index in [1.165, 1.54) is 11.3 Å². The van der Waals surface area contributed by atoms with Crippen molar-refractivity contribution in [3.05, 3.63) is 29.8 Å². The molecule has 4 nitrogen and oxygen atoms in total. The number of aliphatic hydroxyl groups is 1. The van der Waals surface area contributed by atoms with Crippen LogP contribution in [0.1, 0.15) is 32.8 Å². The first-order valence-corrected chi connectivity index (χ1v) is 8.27. The van der Waals surface area contributed by atoms with Crippen LogP contribution in [0.25, 0.3) is 0 Å². The highest BCUT2D eigenvalue weighted by atomic mass is 16.5. The Morgan fingerprint density at radius 1 is 1.23 bits per heavy atom.